The van der Waals surface area contributed by atoms with Crippen LogP contribution in [0, 0.1) is 5.41 Å². The van der Waals surface area contributed by atoms with Crippen molar-refractivity contribution >= 4 is 11.6 Å². The number of anilines is 1. The van der Waals surface area contributed by atoms with E-state index in [1.165, 1.54) is 6.33 Å². The topological polar surface area (TPSA) is 67.2 Å². The number of carbonyl (C=O) groups excluding carboxylic acids is 1. The van der Waals surface area contributed by atoms with Crippen LogP contribution in [-0.2, 0) is 18.4 Å². The lowest BCUT2D eigenvalue weighted by Gasteiger charge is -2.24. The summed E-state index contributed by atoms with van der Waals surface area (Å²) in [4.78, 5) is 29.1. The molecule has 2 aromatic rings. The van der Waals surface area contributed by atoms with Gasteiger partial charge in [0.05, 0.1) is 24.6 Å². The van der Waals surface area contributed by atoms with Gasteiger partial charge in [0, 0.05) is 44.4 Å². The van der Waals surface area contributed by atoms with Gasteiger partial charge in [-0.1, -0.05) is 0 Å². The Morgan fingerprint density at radius 3 is 2.83 bits per heavy atom. The highest BCUT2D eigenvalue weighted by atomic mass is 16.2. The summed E-state index contributed by atoms with van der Waals surface area (Å²) >= 11 is 0. The third kappa shape index (κ3) is 2.61. The molecular formula is C16H20N6O. The van der Waals surface area contributed by atoms with E-state index < -0.39 is 0 Å². The van der Waals surface area contributed by atoms with Crippen molar-refractivity contribution < 1.29 is 4.79 Å². The number of aryl methyl sites for hydroxylation is 1. The SMILES string of the molecule is Cn1ccnc1CN1CC[C@]2(CC(=O)N(c3cncnc3)C2)C1. The van der Waals surface area contributed by atoms with Crippen LogP contribution in [0.4, 0.5) is 5.69 Å². The van der Waals surface area contributed by atoms with Crippen molar-refractivity contribution in [3.63, 3.8) is 0 Å². The van der Waals surface area contributed by atoms with Crippen molar-refractivity contribution in [2.75, 3.05) is 24.5 Å². The molecule has 0 saturated carbocycles. The molecule has 23 heavy (non-hydrogen) atoms. The highest BCUT2D eigenvalue weighted by Gasteiger charge is 2.47. The highest BCUT2D eigenvalue weighted by molar-refractivity contribution is 5.96. The number of carbonyl (C=O) groups is 1. The number of imidazole rings is 1. The molecule has 1 atom stereocenters. The molecule has 4 heterocycles. The van der Waals surface area contributed by atoms with Gasteiger partial charge in [-0.05, 0) is 13.0 Å². The molecule has 120 valence electrons. The second-order valence-electron chi connectivity index (χ2n) is 6.67. The summed E-state index contributed by atoms with van der Waals surface area (Å²) < 4.78 is 2.05. The molecular weight excluding hydrogens is 292 g/mol. The quantitative estimate of drug-likeness (QED) is 0.840. The first-order valence-corrected chi connectivity index (χ1v) is 7.89. The molecule has 0 N–H and O–H groups in total. The first kappa shape index (κ1) is 14.3. The van der Waals surface area contributed by atoms with E-state index >= 15 is 0 Å². The minimum Gasteiger partial charge on any atom is -0.337 e. The van der Waals surface area contributed by atoms with Crippen LogP contribution in [0.2, 0.25) is 0 Å². The van der Waals surface area contributed by atoms with Crippen molar-refractivity contribution in [2.45, 2.75) is 19.4 Å². The maximum Gasteiger partial charge on any atom is 0.227 e. The van der Waals surface area contributed by atoms with Crippen LogP contribution >= 0.6 is 0 Å². The summed E-state index contributed by atoms with van der Waals surface area (Å²) in [5.74, 6) is 1.25. The fraction of sp³-hybridized carbons (Fsp3) is 0.500. The first-order chi connectivity index (χ1) is 11.2. The molecule has 0 aromatic carbocycles. The van der Waals surface area contributed by atoms with E-state index in [9.17, 15) is 4.79 Å². The van der Waals surface area contributed by atoms with Crippen LogP contribution in [0.15, 0.2) is 31.1 Å². The van der Waals surface area contributed by atoms with E-state index in [0.717, 1.165) is 44.1 Å². The Morgan fingerprint density at radius 1 is 1.26 bits per heavy atom. The smallest absolute Gasteiger partial charge is 0.227 e. The molecule has 1 amide bonds. The van der Waals surface area contributed by atoms with E-state index in [2.05, 4.69) is 24.4 Å². The summed E-state index contributed by atoms with van der Waals surface area (Å²) in [5.41, 5.74) is 0.856. The molecule has 2 aliphatic rings. The summed E-state index contributed by atoms with van der Waals surface area (Å²) in [6.07, 6.45) is 10.4. The van der Waals surface area contributed by atoms with Gasteiger partial charge in [-0.15, -0.1) is 0 Å². The number of likely N-dealkylation sites (tertiary alicyclic amines) is 1. The maximum atomic E-state index is 12.4. The Labute approximate surface area is 135 Å². The molecule has 2 saturated heterocycles. The summed E-state index contributed by atoms with van der Waals surface area (Å²) in [6, 6.07) is 0. The zero-order chi connectivity index (χ0) is 15.9. The van der Waals surface area contributed by atoms with Gasteiger partial charge in [0.1, 0.15) is 12.2 Å². The lowest BCUT2D eigenvalue weighted by atomic mass is 9.86. The molecule has 7 heteroatoms. The van der Waals surface area contributed by atoms with E-state index in [1.54, 1.807) is 12.4 Å². The molecule has 7 nitrogen and oxygen atoms in total. The van der Waals surface area contributed by atoms with Gasteiger partial charge in [0.15, 0.2) is 0 Å². The summed E-state index contributed by atoms with van der Waals surface area (Å²) in [6.45, 7) is 3.55. The number of hydrogen-bond donors (Lipinski definition) is 0. The largest absolute Gasteiger partial charge is 0.337 e. The average Bonchev–Trinajstić information content (AvgIpc) is 3.22. The Hall–Kier alpha value is -2.28. The van der Waals surface area contributed by atoms with E-state index in [0.29, 0.717) is 6.42 Å². The molecule has 0 bridgehead atoms. The van der Waals surface area contributed by atoms with Gasteiger partial charge in [0.25, 0.3) is 0 Å². The second kappa shape index (κ2) is 5.42. The predicted octanol–water partition coefficient (Wildman–Crippen LogP) is 0.839. The van der Waals surface area contributed by atoms with Crippen molar-refractivity contribution in [1.82, 2.24) is 24.4 Å². The Balaban J connectivity index is 1.46. The zero-order valence-electron chi connectivity index (χ0n) is 13.2. The molecule has 2 fully saturated rings. The Morgan fingerprint density at radius 2 is 2.09 bits per heavy atom. The van der Waals surface area contributed by atoms with Gasteiger partial charge in [0.2, 0.25) is 5.91 Å². The first-order valence-electron chi connectivity index (χ1n) is 7.89. The second-order valence-corrected chi connectivity index (χ2v) is 6.67. The minimum absolute atomic E-state index is 0.0537. The van der Waals surface area contributed by atoms with Crippen molar-refractivity contribution in [1.29, 1.82) is 0 Å². The number of nitrogens with zero attached hydrogens (tertiary/aromatic N) is 6. The van der Waals surface area contributed by atoms with Crippen molar-refractivity contribution in [3.8, 4) is 0 Å². The van der Waals surface area contributed by atoms with Crippen LogP contribution in [0.25, 0.3) is 0 Å². The van der Waals surface area contributed by atoms with Gasteiger partial charge in [-0.25, -0.2) is 15.0 Å². The Kier molecular flexibility index (Phi) is 3.37. The zero-order valence-corrected chi connectivity index (χ0v) is 13.2. The molecule has 4 rings (SSSR count). The molecule has 2 aromatic heterocycles. The summed E-state index contributed by atoms with van der Waals surface area (Å²) in [7, 11) is 2.02. The summed E-state index contributed by atoms with van der Waals surface area (Å²) in [5, 5.41) is 0. The van der Waals surface area contributed by atoms with E-state index in [1.807, 2.05) is 24.3 Å². The number of hydrogen-bond acceptors (Lipinski definition) is 5. The van der Waals surface area contributed by atoms with Crippen molar-refractivity contribution in [3.05, 3.63) is 36.9 Å². The van der Waals surface area contributed by atoms with E-state index in [4.69, 9.17) is 0 Å². The minimum atomic E-state index is 0.0537. The Bertz CT molecular complexity index is 714. The number of amides is 1. The normalized spacial score (nSPS) is 24.9. The van der Waals surface area contributed by atoms with Gasteiger partial charge in [-0.2, -0.15) is 0 Å². The molecule has 0 radical (unpaired) electrons. The lowest BCUT2D eigenvalue weighted by molar-refractivity contribution is -0.117. The third-order valence-electron chi connectivity index (χ3n) is 4.98. The molecule has 2 aliphatic heterocycles. The van der Waals surface area contributed by atoms with Crippen molar-refractivity contribution in [2.24, 2.45) is 12.5 Å². The van der Waals surface area contributed by atoms with Crippen LogP contribution < -0.4 is 4.90 Å². The standard InChI is InChI=1S/C16H20N6O/c1-20-5-3-19-14(20)9-21-4-2-16(10-21)6-15(23)22(11-16)13-7-17-12-18-8-13/h3,5,7-8,12H,2,4,6,9-11H2,1H3/t16-/m0/s1. The predicted molar refractivity (Wildman–Crippen MR) is 84.5 cm³/mol. The number of rotatable bonds is 3. The fourth-order valence-electron chi connectivity index (χ4n) is 3.75. The van der Waals surface area contributed by atoms with Gasteiger partial charge >= 0.3 is 0 Å². The van der Waals surface area contributed by atoms with Crippen LogP contribution in [-0.4, -0.2) is 50.0 Å². The van der Waals surface area contributed by atoms with E-state index in [-0.39, 0.29) is 11.3 Å². The van der Waals surface area contributed by atoms with Gasteiger partial charge < -0.3 is 9.47 Å². The third-order valence-corrected chi connectivity index (χ3v) is 4.98. The maximum absolute atomic E-state index is 12.4. The lowest BCUT2D eigenvalue weighted by Crippen LogP contribution is -2.31. The molecule has 1 spiro atoms. The number of aromatic nitrogens is 4. The monoisotopic (exact) mass is 312 g/mol. The van der Waals surface area contributed by atoms with Gasteiger partial charge in [-0.3, -0.25) is 9.69 Å². The fourth-order valence-corrected chi connectivity index (χ4v) is 3.75. The molecule has 0 unspecified atom stereocenters. The van der Waals surface area contributed by atoms with Crippen LogP contribution in [0.1, 0.15) is 18.7 Å². The van der Waals surface area contributed by atoms with Crippen LogP contribution in [0.3, 0.4) is 0 Å². The van der Waals surface area contributed by atoms with Crippen LogP contribution in [0.5, 0.6) is 0 Å². The average molecular weight is 312 g/mol. The highest BCUT2D eigenvalue weighted by Crippen LogP contribution is 2.41. The molecule has 0 aliphatic carbocycles.